The minimum Gasteiger partial charge on any atom is -0.350 e. The second-order valence-electron chi connectivity index (χ2n) is 6.44. The molecular formula is C19H27IN4S. The van der Waals surface area contributed by atoms with Gasteiger partial charge in [-0.2, -0.15) is 0 Å². The molecule has 1 N–H and O–H groups in total. The van der Waals surface area contributed by atoms with Gasteiger partial charge in [-0.25, -0.2) is 4.98 Å². The Morgan fingerprint density at radius 1 is 1.32 bits per heavy atom. The first-order chi connectivity index (χ1) is 11.7. The zero-order chi connectivity index (χ0) is 16.9. The number of hydrogen-bond donors (Lipinski definition) is 1. The van der Waals surface area contributed by atoms with Gasteiger partial charge in [0.25, 0.3) is 0 Å². The number of halogens is 1. The maximum atomic E-state index is 4.60. The van der Waals surface area contributed by atoms with Crippen molar-refractivity contribution in [3.8, 4) is 0 Å². The molecule has 2 aromatic rings. The number of nitrogens with one attached hydrogen (secondary N) is 1. The molecule has 136 valence electrons. The average molecular weight is 470 g/mol. The summed E-state index contributed by atoms with van der Waals surface area (Å²) in [5, 5.41) is 4.61. The Kier molecular flexibility index (Phi) is 7.68. The summed E-state index contributed by atoms with van der Waals surface area (Å²) in [7, 11) is 1.87. The first-order valence-corrected chi connectivity index (χ1v) is 9.39. The highest BCUT2D eigenvalue weighted by Gasteiger charge is 2.25. The number of aliphatic imine (C=N–C) groups is 1. The Bertz CT molecular complexity index is 679. The van der Waals surface area contributed by atoms with E-state index in [4.69, 9.17) is 0 Å². The maximum Gasteiger partial charge on any atom is 0.194 e. The Hall–Kier alpha value is -1.15. The molecule has 0 aliphatic carbocycles. The second kappa shape index (κ2) is 9.52. The van der Waals surface area contributed by atoms with Crippen molar-refractivity contribution in [1.82, 2.24) is 15.2 Å². The van der Waals surface area contributed by atoms with Crippen LogP contribution < -0.4 is 5.32 Å². The second-order valence-corrected chi connectivity index (χ2v) is 7.73. The van der Waals surface area contributed by atoms with Gasteiger partial charge in [0.2, 0.25) is 0 Å². The molecule has 0 spiro atoms. The van der Waals surface area contributed by atoms with Gasteiger partial charge in [0.15, 0.2) is 5.96 Å². The fraction of sp³-hybridized carbons (Fsp3) is 0.474. The number of aryl methyl sites for hydroxylation is 2. The van der Waals surface area contributed by atoms with Gasteiger partial charge < -0.3 is 10.2 Å². The first kappa shape index (κ1) is 20.2. The minimum absolute atomic E-state index is 0. The van der Waals surface area contributed by atoms with E-state index in [1.54, 1.807) is 11.3 Å². The lowest BCUT2D eigenvalue weighted by molar-refractivity contribution is 0.459. The molecule has 1 aromatic heterocycles. The summed E-state index contributed by atoms with van der Waals surface area (Å²) in [4.78, 5) is 12.7. The summed E-state index contributed by atoms with van der Waals surface area (Å²) >= 11 is 1.76. The van der Waals surface area contributed by atoms with Crippen molar-refractivity contribution in [3.05, 3.63) is 51.5 Å². The molecule has 1 aliphatic heterocycles. The fourth-order valence-corrected chi connectivity index (χ4v) is 4.11. The number of hydrogen-bond acceptors (Lipinski definition) is 3. The fourth-order valence-electron chi connectivity index (χ4n) is 3.24. The lowest BCUT2D eigenvalue weighted by Gasteiger charge is -2.21. The van der Waals surface area contributed by atoms with Crippen molar-refractivity contribution in [1.29, 1.82) is 0 Å². The van der Waals surface area contributed by atoms with E-state index < -0.39 is 0 Å². The smallest absolute Gasteiger partial charge is 0.194 e. The molecular weight excluding hydrogens is 443 g/mol. The molecule has 1 atom stereocenters. The Morgan fingerprint density at radius 3 is 2.72 bits per heavy atom. The van der Waals surface area contributed by atoms with Crippen LogP contribution in [0.5, 0.6) is 0 Å². The molecule has 0 saturated carbocycles. The number of guanidine groups is 1. The third-order valence-electron chi connectivity index (χ3n) is 4.63. The van der Waals surface area contributed by atoms with Gasteiger partial charge in [-0.05, 0) is 38.2 Å². The van der Waals surface area contributed by atoms with E-state index >= 15 is 0 Å². The summed E-state index contributed by atoms with van der Waals surface area (Å²) < 4.78 is 0. The van der Waals surface area contributed by atoms with E-state index in [9.17, 15) is 0 Å². The Balaban J connectivity index is 0.00000225. The number of benzene rings is 1. The lowest BCUT2D eigenvalue weighted by atomic mass is 9.99. The van der Waals surface area contributed by atoms with E-state index in [1.807, 2.05) is 7.05 Å². The minimum atomic E-state index is 0. The Morgan fingerprint density at radius 2 is 2.08 bits per heavy atom. The van der Waals surface area contributed by atoms with Crippen molar-refractivity contribution in [3.63, 3.8) is 0 Å². The van der Waals surface area contributed by atoms with Crippen LogP contribution in [-0.4, -0.2) is 36.0 Å². The van der Waals surface area contributed by atoms with Gasteiger partial charge in [-0.15, -0.1) is 35.3 Å². The number of aromatic nitrogens is 1. The molecule has 2 heterocycles. The van der Waals surface area contributed by atoms with Crippen LogP contribution in [0.3, 0.4) is 0 Å². The van der Waals surface area contributed by atoms with E-state index in [-0.39, 0.29) is 24.0 Å². The maximum absolute atomic E-state index is 4.60. The summed E-state index contributed by atoms with van der Waals surface area (Å²) in [6, 6.07) is 10.8. The van der Waals surface area contributed by atoms with Gasteiger partial charge in [0.1, 0.15) is 5.01 Å². The zero-order valence-electron chi connectivity index (χ0n) is 15.2. The van der Waals surface area contributed by atoms with Crippen molar-refractivity contribution in [2.24, 2.45) is 10.9 Å². The summed E-state index contributed by atoms with van der Waals surface area (Å²) in [6.45, 7) is 7.10. The lowest BCUT2D eigenvalue weighted by Crippen LogP contribution is -2.39. The molecule has 1 fully saturated rings. The van der Waals surface area contributed by atoms with E-state index in [2.05, 4.69) is 64.4 Å². The third kappa shape index (κ3) is 5.41. The van der Waals surface area contributed by atoms with Crippen LogP contribution in [0.25, 0.3) is 0 Å². The topological polar surface area (TPSA) is 40.5 Å². The molecule has 0 bridgehead atoms. The quantitative estimate of drug-likeness (QED) is 0.417. The van der Waals surface area contributed by atoms with Gasteiger partial charge in [0, 0.05) is 25.0 Å². The predicted molar refractivity (Wildman–Crippen MR) is 117 cm³/mol. The van der Waals surface area contributed by atoms with Crippen LogP contribution in [0.1, 0.15) is 27.6 Å². The highest BCUT2D eigenvalue weighted by Crippen LogP contribution is 2.21. The van der Waals surface area contributed by atoms with Gasteiger partial charge in [0.05, 0.1) is 12.2 Å². The van der Waals surface area contributed by atoms with Crippen LogP contribution in [0.4, 0.5) is 0 Å². The molecule has 6 heteroatoms. The average Bonchev–Trinajstić information content (AvgIpc) is 3.16. The normalized spacial score (nSPS) is 17.5. The van der Waals surface area contributed by atoms with Crippen LogP contribution in [0.15, 0.2) is 35.3 Å². The largest absolute Gasteiger partial charge is 0.350 e. The number of rotatable bonds is 4. The van der Waals surface area contributed by atoms with Gasteiger partial charge in [-0.3, -0.25) is 4.99 Å². The monoisotopic (exact) mass is 470 g/mol. The highest BCUT2D eigenvalue weighted by molar-refractivity contribution is 14.0. The zero-order valence-corrected chi connectivity index (χ0v) is 18.3. The predicted octanol–water partition coefficient (Wildman–Crippen LogP) is 4.02. The molecule has 0 radical (unpaired) electrons. The third-order valence-corrected chi connectivity index (χ3v) is 5.71. The van der Waals surface area contributed by atoms with E-state index in [1.165, 1.54) is 16.9 Å². The van der Waals surface area contributed by atoms with Gasteiger partial charge >= 0.3 is 0 Å². The number of thiazole rings is 1. The highest BCUT2D eigenvalue weighted by atomic mass is 127. The Labute approximate surface area is 171 Å². The number of likely N-dealkylation sites (tertiary alicyclic amines) is 1. The summed E-state index contributed by atoms with van der Waals surface area (Å²) in [5.41, 5.74) is 2.57. The van der Waals surface area contributed by atoms with Crippen LogP contribution in [0.2, 0.25) is 0 Å². The standard InChI is InChI=1S/C19H26N4S.HI/c1-14-15(2)24-18(22-14)12-21-19(20-3)23-10-9-17(13-23)11-16-7-5-4-6-8-16;/h4-8,17H,9-13H2,1-3H3,(H,20,21);1H. The van der Waals surface area contributed by atoms with Crippen LogP contribution in [-0.2, 0) is 13.0 Å². The summed E-state index contributed by atoms with van der Waals surface area (Å²) in [6.07, 6.45) is 2.38. The molecule has 25 heavy (non-hydrogen) atoms. The molecule has 3 rings (SSSR count). The molecule has 4 nitrogen and oxygen atoms in total. The van der Waals surface area contributed by atoms with Crippen molar-refractivity contribution in [2.75, 3.05) is 20.1 Å². The molecule has 0 amide bonds. The van der Waals surface area contributed by atoms with E-state index in [0.29, 0.717) is 5.92 Å². The van der Waals surface area contributed by atoms with Gasteiger partial charge in [-0.1, -0.05) is 30.3 Å². The van der Waals surface area contributed by atoms with Crippen LogP contribution in [0, 0.1) is 19.8 Å². The molecule has 1 unspecified atom stereocenters. The van der Waals surface area contributed by atoms with Crippen molar-refractivity contribution >= 4 is 41.3 Å². The van der Waals surface area contributed by atoms with Crippen molar-refractivity contribution < 1.29 is 0 Å². The van der Waals surface area contributed by atoms with Crippen LogP contribution >= 0.6 is 35.3 Å². The van der Waals surface area contributed by atoms with E-state index in [0.717, 1.165) is 42.7 Å². The number of nitrogens with zero attached hydrogens (tertiary/aromatic N) is 3. The molecule has 1 aliphatic rings. The first-order valence-electron chi connectivity index (χ1n) is 8.58. The van der Waals surface area contributed by atoms with Crippen molar-refractivity contribution in [2.45, 2.75) is 33.2 Å². The molecule has 1 aromatic carbocycles. The SMILES string of the molecule is CN=C(NCc1nc(C)c(C)s1)N1CCC(Cc2ccccc2)C1.I. The molecule has 1 saturated heterocycles. The summed E-state index contributed by atoms with van der Waals surface area (Å²) in [5.74, 6) is 1.70.